The van der Waals surface area contributed by atoms with E-state index in [0.717, 1.165) is 5.69 Å². The van der Waals surface area contributed by atoms with Crippen molar-refractivity contribution in [1.29, 1.82) is 0 Å². The first kappa shape index (κ1) is 8.80. The minimum Gasteiger partial charge on any atom is -0.696 e. The van der Waals surface area contributed by atoms with Crippen LogP contribution in [0.1, 0.15) is 0 Å². The predicted octanol–water partition coefficient (Wildman–Crippen LogP) is 2.26. The summed E-state index contributed by atoms with van der Waals surface area (Å²) < 4.78 is 0. The Bertz CT molecular complexity index is 279. The summed E-state index contributed by atoms with van der Waals surface area (Å²) in [6.07, 6.45) is 0. The molecule has 0 unspecified atom stereocenters. The fraction of sp³-hybridized carbons (Fsp3) is 0.143. The lowest BCUT2D eigenvalue weighted by atomic mass is 10.3. The summed E-state index contributed by atoms with van der Waals surface area (Å²) in [5, 5.41) is 14.4. The van der Waals surface area contributed by atoms with E-state index in [9.17, 15) is 5.21 Å². The largest absolute Gasteiger partial charge is 0.696 e. The zero-order valence-corrected chi connectivity index (χ0v) is 7.25. The van der Waals surface area contributed by atoms with E-state index in [1.54, 1.807) is 24.3 Å². The average Bonchev–Trinajstić information content (AvgIpc) is 2.03. The van der Waals surface area contributed by atoms with Crippen molar-refractivity contribution in [3.63, 3.8) is 0 Å². The van der Waals surface area contributed by atoms with Gasteiger partial charge in [-0.25, -0.2) is 0 Å². The molecule has 0 amide bonds. The van der Waals surface area contributed by atoms with Gasteiger partial charge in [-0.1, -0.05) is 11.6 Å². The molecule has 1 rings (SSSR count). The van der Waals surface area contributed by atoms with Gasteiger partial charge in [0.2, 0.25) is 0 Å². The molecule has 0 atom stereocenters. The summed E-state index contributed by atoms with van der Waals surface area (Å²) in [5.74, 6) is 0. The summed E-state index contributed by atoms with van der Waals surface area (Å²) in [7, 11) is 1.29. The Morgan fingerprint density at radius 3 is 2.50 bits per heavy atom. The van der Waals surface area contributed by atoms with Crippen molar-refractivity contribution in [3.05, 3.63) is 34.5 Å². The van der Waals surface area contributed by atoms with Crippen LogP contribution in [0.2, 0.25) is 5.02 Å². The summed E-state index contributed by atoms with van der Waals surface area (Å²) in [6, 6.07) is 6.89. The predicted molar refractivity (Wildman–Crippen MR) is 47.1 cm³/mol. The first-order chi connectivity index (χ1) is 5.68. The Hall–Kier alpha value is -1.29. The van der Waals surface area contributed by atoms with Gasteiger partial charge in [0.15, 0.2) is 0 Å². The Morgan fingerprint density at radius 1 is 1.42 bits per heavy atom. The molecule has 0 aliphatic heterocycles. The summed E-state index contributed by atoms with van der Waals surface area (Å²) in [5.41, 5.74) is 3.28. The molecular weight excluding hydrogens is 178 g/mol. The van der Waals surface area contributed by atoms with Crippen molar-refractivity contribution >= 4 is 17.3 Å². The van der Waals surface area contributed by atoms with Crippen molar-refractivity contribution < 1.29 is 4.86 Å². The summed E-state index contributed by atoms with van der Waals surface area (Å²) in [4.78, 5) is 0.439. The van der Waals surface area contributed by atoms with E-state index >= 15 is 0 Å². The molecule has 0 aromatic heterocycles. The molecule has 0 radical (unpaired) electrons. The molecule has 0 saturated heterocycles. The van der Waals surface area contributed by atoms with Crippen molar-refractivity contribution in [1.82, 2.24) is 0 Å². The number of nitrogens with one attached hydrogen (secondary N) is 1. The minimum atomic E-state index is 0.439. The number of rotatable bonds is 2. The number of hydroxylamine groups is 1. The highest BCUT2D eigenvalue weighted by atomic mass is 35.5. The monoisotopic (exact) mass is 185 g/mol. The van der Waals surface area contributed by atoms with Crippen molar-refractivity contribution in [2.24, 2.45) is 5.22 Å². The van der Waals surface area contributed by atoms with Crippen molar-refractivity contribution in [2.75, 3.05) is 12.5 Å². The van der Waals surface area contributed by atoms with Gasteiger partial charge in [0, 0.05) is 5.02 Å². The van der Waals surface area contributed by atoms with Gasteiger partial charge in [-0.15, -0.1) is 5.43 Å². The van der Waals surface area contributed by atoms with Gasteiger partial charge in [0.25, 0.3) is 0 Å². The molecular formula is C7H8ClN3O. The number of nitrogens with zero attached hydrogens (tertiary/aromatic N) is 2. The first-order valence-corrected chi connectivity index (χ1v) is 3.69. The molecule has 0 spiro atoms. The molecule has 12 heavy (non-hydrogen) atoms. The maximum Gasteiger partial charge on any atom is 0.146 e. The lowest BCUT2D eigenvalue weighted by molar-refractivity contribution is -0.497. The van der Waals surface area contributed by atoms with Gasteiger partial charge in [-0.2, -0.15) is 4.86 Å². The highest BCUT2D eigenvalue weighted by Gasteiger charge is 1.93. The topological polar surface area (TPSA) is 50.5 Å². The number of benzene rings is 1. The van der Waals surface area contributed by atoms with E-state index in [0.29, 0.717) is 9.88 Å². The van der Waals surface area contributed by atoms with Crippen LogP contribution < -0.4 is 5.43 Å². The van der Waals surface area contributed by atoms with Crippen LogP contribution in [0.3, 0.4) is 0 Å². The van der Waals surface area contributed by atoms with E-state index in [1.165, 1.54) is 7.05 Å². The Labute approximate surface area is 75.0 Å². The Balaban J connectivity index is 2.65. The van der Waals surface area contributed by atoms with Gasteiger partial charge < -0.3 is 5.21 Å². The molecule has 4 nitrogen and oxygen atoms in total. The standard InChI is InChI=1S/C7H8ClN3O/c1-11(12)10-9-7-4-2-6(8)3-5-7/h2-5,9H,1H3/b11-10-. The molecule has 0 fully saturated rings. The number of anilines is 1. The summed E-state index contributed by atoms with van der Waals surface area (Å²) >= 11 is 5.64. The molecule has 1 N–H and O–H groups in total. The van der Waals surface area contributed by atoms with Crippen molar-refractivity contribution in [2.45, 2.75) is 0 Å². The van der Waals surface area contributed by atoms with E-state index in [-0.39, 0.29) is 0 Å². The number of halogens is 1. The van der Waals surface area contributed by atoms with Crippen LogP contribution in [0.4, 0.5) is 5.69 Å². The third-order valence-electron chi connectivity index (χ3n) is 1.16. The Kier molecular flexibility index (Phi) is 2.88. The van der Waals surface area contributed by atoms with E-state index in [2.05, 4.69) is 10.6 Å². The number of hydrogen-bond acceptors (Lipinski definition) is 2. The van der Waals surface area contributed by atoms with Crippen LogP contribution >= 0.6 is 11.6 Å². The Morgan fingerprint density at radius 2 is 2.00 bits per heavy atom. The molecule has 0 aliphatic rings. The third kappa shape index (κ3) is 2.75. The molecule has 1 aromatic rings. The molecule has 64 valence electrons. The smallest absolute Gasteiger partial charge is 0.146 e. The highest BCUT2D eigenvalue weighted by Crippen LogP contribution is 2.12. The quantitative estimate of drug-likeness (QED) is 0.437. The maximum atomic E-state index is 10.3. The van der Waals surface area contributed by atoms with Gasteiger partial charge in [0.1, 0.15) is 12.7 Å². The van der Waals surface area contributed by atoms with Gasteiger partial charge in [-0.3, -0.25) is 0 Å². The van der Waals surface area contributed by atoms with Crippen LogP contribution in [-0.4, -0.2) is 11.9 Å². The van der Waals surface area contributed by atoms with Crippen molar-refractivity contribution in [3.8, 4) is 0 Å². The zero-order chi connectivity index (χ0) is 8.97. The second-order valence-corrected chi connectivity index (χ2v) is 2.62. The first-order valence-electron chi connectivity index (χ1n) is 3.31. The van der Waals surface area contributed by atoms with Crippen LogP contribution in [0, 0.1) is 5.21 Å². The van der Waals surface area contributed by atoms with Gasteiger partial charge in [0.05, 0.1) is 5.22 Å². The van der Waals surface area contributed by atoms with Gasteiger partial charge >= 0.3 is 0 Å². The molecule has 0 heterocycles. The molecule has 0 aliphatic carbocycles. The highest BCUT2D eigenvalue weighted by molar-refractivity contribution is 6.30. The lowest BCUT2D eigenvalue weighted by Gasteiger charge is -1.97. The normalized spacial score (nSPS) is 11.3. The minimum absolute atomic E-state index is 0.439. The molecule has 1 aromatic carbocycles. The van der Waals surface area contributed by atoms with Crippen LogP contribution in [-0.2, 0) is 0 Å². The second kappa shape index (κ2) is 3.92. The van der Waals surface area contributed by atoms with Gasteiger partial charge in [-0.05, 0) is 24.3 Å². The third-order valence-corrected chi connectivity index (χ3v) is 1.42. The van der Waals surface area contributed by atoms with E-state index in [4.69, 9.17) is 11.6 Å². The molecule has 0 saturated carbocycles. The second-order valence-electron chi connectivity index (χ2n) is 2.18. The fourth-order valence-corrected chi connectivity index (χ4v) is 0.779. The maximum absolute atomic E-state index is 10.3. The van der Waals surface area contributed by atoms with E-state index in [1.807, 2.05) is 0 Å². The van der Waals surface area contributed by atoms with Crippen LogP contribution in [0.5, 0.6) is 0 Å². The van der Waals surface area contributed by atoms with Crippen LogP contribution in [0.25, 0.3) is 0 Å². The molecule has 0 bridgehead atoms. The average molecular weight is 186 g/mol. The number of hydrogen-bond donors (Lipinski definition) is 1. The fourth-order valence-electron chi connectivity index (χ4n) is 0.653. The zero-order valence-electron chi connectivity index (χ0n) is 6.49. The van der Waals surface area contributed by atoms with E-state index < -0.39 is 0 Å². The summed E-state index contributed by atoms with van der Waals surface area (Å²) in [6.45, 7) is 0. The lowest BCUT2D eigenvalue weighted by Crippen LogP contribution is -1.96. The van der Waals surface area contributed by atoms with Crippen LogP contribution in [0.15, 0.2) is 29.5 Å². The SMILES string of the molecule is C/[N+]([O-])=N/Nc1ccc(Cl)cc1. The molecule has 5 heteroatoms.